The highest BCUT2D eigenvalue weighted by molar-refractivity contribution is 5.90. The zero-order chi connectivity index (χ0) is 22.6. The van der Waals surface area contributed by atoms with Crippen LogP contribution in [0.15, 0.2) is 48.7 Å². The van der Waals surface area contributed by atoms with Crippen molar-refractivity contribution in [2.45, 2.75) is 6.10 Å². The van der Waals surface area contributed by atoms with Gasteiger partial charge in [-0.25, -0.2) is 9.78 Å². The molecule has 0 spiro atoms. The Labute approximate surface area is 190 Å². The number of ether oxygens (including phenoxy) is 5. The van der Waals surface area contributed by atoms with Gasteiger partial charge in [-0.2, -0.15) is 0 Å². The van der Waals surface area contributed by atoms with Gasteiger partial charge in [-0.1, -0.05) is 12.2 Å². The molecule has 170 valence electrons. The Kier molecular flexibility index (Phi) is 5.95. The maximum atomic E-state index is 12.3. The van der Waals surface area contributed by atoms with Crippen LogP contribution in [0.1, 0.15) is 5.56 Å². The lowest BCUT2D eigenvalue weighted by molar-refractivity contribution is 0.0580. The van der Waals surface area contributed by atoms with Gasteiger partial charge in [-0.3, -0.25) is 9.88 Å². The number of pyridine rings is 2. The van der Waals surface area contributed by atoms with E-state index in [0.29, 0.717) is 56.0 Å². The van der Waals surface area contributed by atoms with Gasteiger partial charge >= 0.3 is 6.09 Å². The molecule has 4 heterocycles. The highest BCUT2D eigenvalue weighted by atomic mass is 16.6. The van der Waals surface area contributed by atoms with E-state index in [1.807, 2.05) is 30.4 Å². The molecular formula is C24H23N3O6. The van der Waals surface area contributed by atoms with Crippen LogP contribution in [0.4, 0.5) is 10.5 Å². The molecule has 0 bridgehead atoms. The summed E-state index contributed by atoms with van der Waals surface area (Å²) < 4.78 is 27.5. The molecule has 0 N–H and O–H groups in total. The normalized spacial score (nSPS) is 17.5. The minimum absolute atomic E-state index is 0.292. The Balaban J connectivity index is 1.16. The maximum absolute atomic E-state index is 12.3. The van der Waals surface area contributed by atoms with E-state index in [1.54, 1.807) is 36.4 Å². The molecule has 3 aromatic rings. The largest absolute Gasteiger partial charge is 0.486 e. The summed E-state index contributed by atoms with van der Waals surface area (Å²) in [4.78, 5) is 22.7. The molecule has 33 heavy (non-hydrogen) atoms. The van der Waals surface area contributed by atoms with E-state index >= 15 is 0 Å². The number of fused-ring (bicyclic) bond motifs is 2. The number of amides is 1. The van der Waals surface area contributed by atoms with Gasteiger partial charge in [-0.05, 0) is 24.3 Å². The summed E-state index contributed by atoms with van der Waals surface area (Å²) in [6.07, 6.45) is 4.80. The minimum Gasteiger partial charge on any atom is -0.486 e. The number of carbonyl (C=O) groups excluding carboxylic acids is 1. The lowest BCUT2D eigenvalue weighted by atomic mass is 10.2. The first kappa shape index (κ1) is 21.0. The number of carbonyl (C=O) groups is 1. The molecule has 2 aliphatic heterocycles. The molecule has 5 rings (SSSR count). The van der Waals surface area contributed by atoms with Crippen molar-refractivity contribution >= 4 is 28.9 Å². The fourth-order valence-corrected chi connectivity index (χ4v) is 3.74. The topological polar surface area (TPSA) is 92.2 Å². The van der Waals surface area contributed by atoms with Crippen molar-refractivity contribution in [3.05, 3.63) is 54.2 Å². The van der Waals surface area contributed by atoms with E-state index < -0.39 is 6.09 Å². The number of benzene rings is 1. The van der Waals surface area contributed by atoms with Gasteiger partial charge in [-0.15, -0.1) is 0 Å². The van der Waals surface area contributed by atoms with E-state index in [0.717, 1.165) is 16.6 Å². The molecule has 1 atom stereocenters. The van der Waals surface area contributed by atoms with Crippen LogP contribution in [-0.4, -0.2) is 62.2 Å². The van der Waals surface area contributed by atoms with Gasteiger partial charge in [0.15, 0.2) is 11.5 Å². The summed E-state index contributed by atoms with van der Waals surface area (Å²) in [6, 6.07) is 11.0. The zero-order valence-corrected chi connectivity index (χ0v) is 18.1. The summed E-state index contributed by atoms with van der Waals surface area (Å²) in [6.45, 7) is 2.07. The van der Waals surface area contributed by atoms with Gasteiger partial charge in [0.05, 0.1) is 43.6 Å². The first-order chi connectivity index (χ1) is 16.2. The first-order valence-electron chi connectivity index (χ1n) is 10.6. The van der Waals surface area contributed by atoms with E-state index in [-0.39, 0.29) is 6.10 Å². The number of anilines is 1. The Morgan fingerprint density at radius 1 is 1.15 bits per heavy atom. The maximum Gasteiger partial charge on any atom is 0.414 e. The van der Waals surface area contributed by atoms with Crippen molar-refractivity contribution in [3.63, 3.8) is 0 Å². The van der Waals surface area contributed by atoms with E-state index in [2.05, 4.69) is 9.97 Å². The van der Waals surface area contributed by atoms with E-state index in [9.17, 15) is 4.79 Å². The van der Waals surface area contributed by atoms with Crippen molar-refractivity contribution in [2.75, 3.05) is 45.0 Å². The second kappa shape index (κ2) is 9.33. The highest BCUT2D eigenvalue weighted by Gasteiger charge is 2.33. The molecule has 1 amide bonds. The third-order valence-electron chi connectivity index (χ3n) is 5.33. The number of hydrogen-bond acceptors (Lipinski definition) is 8. The van der Waals surface area contributed by atoms with Gasteiger partial charge < -0.3 is 23.7 Å². The predicted molar refractivity (Wildman–Crippen MR) is 121 cm³/mol. The SMILES string of the molecule is COc1ccc2nccc(/C=C/COC[C@H]3CN(c4ccc5c(c4)OCCO5)C(=O)O3)c2n1. The minimum atomic E-state index is -0.404. The number of nitrogens with zero attached hydrogens (tertiary/aromatic N) is 3. The molecule has 0 aliphatic carbocycles. The number of hydrogen-bond donors (Lipinski definition) is 0. The number of aromatic nitrogens is 2. The van der Waals surface area contributed by atoms with Gasteiger partial charge in [0.25, 0.3) is 0 Å². The number of cyclic esters (lactones) is 1. The highest BCUT2D eigenvalue weighted by Crippen LogP contribution is 2.35. The summed E-state index contributed by atoms with van der Waals surface area (Å²) in [5.41, 5.74) is 3.17. The average Bonchev–Trinajstić information content (AvgIpc) is 3.23. The van der Waals surface area contributed by atoms with E-state index in [1.165, 1.54) is 0 Å². The zero-order valence-electron chi connectivity index (χ0n) is 18.1. The average molecular weight is 449 g/mol. The number of methoxy groups -OCH3 is 1. The summed E-state index contributed by atoms with van der Waals surface area (Å²) in [7, 11) is 1.58. The Morgan fingerprint density at radius 3 is 2.91 bits per heavy atom. The molecule has 0 saturated carbocycles. The second-order valence-corrected chi connectivity index (χ2v) is 7.51. The monoisotopic (exact) mass is 449 g/mol. The fraction of sp³-hybridized carbons (Fsp3) is 0.292. The van der Waals surface area contributed by atoms with Gasteiger partial charge in [0, 0.05) is 23.9 Å². The predicted octanol–water partition coefficient (Wildman–Crippen LogP) is 3.46. The lowest BCUT2D eigenvalue weighted by Gasteiger charge is -2.20. The van der Waals surface area contributed by atoms with Crippen LogP contribution in [0.2, 0.25) is 0 Å². The summed E-state index contributed by atoms with van der Waals surface area (Å²) >= 11 is 0. The molecule has 0 radical (unpaired) electrons. The molecule has 9 heteroatoms. The van der Waals surface area contributed by atoms with Crippen LogP contribution >= 0.6 is 0 Å². The van der Waals surface area contributed by atoms with Gasteiger partial charge in [0.1, 0.15) is 19.3 Å². The van der Waals surface area contributed by atoms with Crippen molar-refractivity contribution in [2.24, 2.45) is 0 Å². The van der Waals surface area contributed by atoms with E-state index in [4.69, 9.17) is 23.7 Å². The molecule has 2 aromatic heterocycles. The Bertz CT molecular complexity index is 1200. The standard InChI is InChI=1S/C24H23N3O6/c1-29-22-7-5-19-23(26-22)16(8-9-25-19)3-2-10-30-15-18-14-27(24(28)33-18)17-4-6-20-21(13-17)32-12-11-31-20/h2-9,13,18H,10-12,14-15H2,1H3/b3-2+/t18-/m1/s1. The lowest BCUT2D eigenvalue weighted by Crippen LogP contribution is -2.26. The molecular weight excluding hydrogens is 426 g/mol. The summed E-state index contributed by atoms with van der Waals surface area (Å²) in [5, 5.41) is 0. The van der Waals surface area contributed by atoms with Crippen molar-refractivity contribution in [1.82, 2.24) is 9.97 Å². The van der Waals surface area contributed by atoms with Crippen LogP contribution in [0, 0.1) is 0 Å². The molecule has 1 saturated heterocycles. The Hall–Kier alpha value is -3.85. The quantitative estimate of drug-likeness (QED) is 0.507. The molecule has 9 nitrogen and oxygen atoms in total. The molecule has 0 unspecified atom stereocenters. The van der Waals surface area contributed by atoms with Crippen LogP contribution in [0.5, 0.6) is 17.4 Å². The third-order valence-corrected chi connectivity index (χ3v) is 5.33. The van der Waals surface area contributed by atoms with Crippen LogP contribution in [0.3, 0.4) is 0 Å². The number of rotatable bonds is 7. The Morgan fingerprint density at radius 2 is 2.03 bits per heavy atom. The smallest absolute Gasteiger partial charge is 0.414 e. The summed E-state index contributed by atoms with van der Waals surface area (Å²) in [5.74, 6) is 1.85. The molecule has 1 aromatic carbocycles. The van der Waals surface area contributed by atoms with Gasteiger partial charge in [0.2, 0.25) is 5.88 Å². The van der Waals surface area contributed by atoms with Crippen LogP contribution in [-0.2, 0) is 9.47 Å². The van der Waals surface area contributed by atoms with Crippen molar-refractivity contribution in [1.29, 1.82) is 0 Å². The second-order valence-electron chi connectivity index (χ2n) is 7.51. The van der Waals surface area contributed by atoms with Crippen LogP contribution in [0.25, 0.3) is 17.1 Å². The van der Waals surface area contributed by atoms with Crippen molar-refractivity contribution < 1.29 is 28.5 Å². The third kappa shape index (κ3) is 4.54. The first-order valence-corrected chi connectivity index (χ1v) is 10.6. The van der Waals surface area contributed by atoms with Crippen LogP contribution < -0.4 is 19.1 Å². The molecule has 2 aliphatic rings. The fourth-order valence-electron chi connectivity index (χ4n) is 3.74. The van der Waals surface area contributed by atoms with Crippen molar-refractivity contribution in [3.8, 4) is 17.4 Å². The molecule has 1 fully saturated rings.